The zero-order valence-corrected chi connectivity index (χ0v) is 18.4. The second-order valence-electron chi connectivity index (χ2n) is 6.95. The quantitative estimate of drug-likeness (QED) is 0.508. The lowest BCUT2D eigenvalue weighted by Gasteiger charge is -2.16. The number of hydrogen-bond acceptors (Lipinski definition) is 5. The summed E-state index contributed by atoms with van der Waals surface area (Å²) in [5.74, 6) is 5.08. The van der Waals surface area contributed by atoms with Gasteiger partial charge in [-0.2, -0.15) is 5.90 Å². The average molecular weight is 461 g/mol. The van der Waals surface area contributed by atoms with E-state index in [-0.39, 0.29) is 10.6 Å². The number of aryl methyl sites for hydroxylation is 2. The molecule has 31 heavy (non-hydrogen) atoms. The molecule has 0 aliphatic rings. The third-order valence-corrected chi connectivity index (χ3v) is 5.61. The van der Waals surface area contributed by atoms with Gasteiger partial charge in [0.15, 0.2) is 0 Å². The van der Waals surface area contributed by atoms with Crippen molar-refractivity contribution in [1.29, 1.82) is 0 Å². The fraction of sp³-hybridized carbons (Fsp3) is 0.217. The number of hydrogen-bond donors (Lipinski definition) is 1. The van der Waals surface area contributed by atoms with Crippen LogP contribution in [0.15, 0.2) is 59.4 Å². The Morgan fingerprint density at radius 3 is 2.39 bits per heavy atom. The lowest BCUT2D eigenvalue weighted by molar-refractivity contribution is 0.0503. The van der Waals surface area contributed by atoms with Crippen LogP contribution in [-0.2, 0) is 30.6 Å². The third kappa shape index (κ3) is 5.67. The smallest absolute Gasteiger partial charge is 0.356 e. The summed E-state index contributed by atoms with van der Waals surface area (Å²) in [6, 6.07) is 16.1. The molecule has 0 saturated heterocycles. The van der Waals surface area contributed by atoms with E-state index in [9.17, 15) is 9.59 Å². The topological polar surface area (TPSA) is 83.5 Å². The summed E-state index contributed by atoms with van der Waals surface area (Å²) >= 11 is 12.6. The number of carbonyl (C=O) groups excluding carboxylic acids is 1. The normalized spacial score (nSPS) is 10.7. The van der Waals surface area contributed by atoms with Crippen LogP contribution >= 0.6 is 23.2 Å². The van der Waals surface area contributed by atoms with Crippen LogP contribution in [0.25, 0.3) is 0 Å². The summed E-state index contributed by atoms with van der Waals surface area (Å²) < 4.78 is 6.89. The summed E-state index contributed by atoms with van der Waals surface area (Å²) in [6.07, 6.45) is 1.81. The van der Waals surface area contributed by atoms with E-state index in [0.717, 1.165) is 22.6 Å². The van der Waals surface area contributed by atoms with Crippen LogP contribution in [0, 0.1) is 0 Å². The van der Waals surface area contributed by atoms with Crippen molar-refractivity contribution in [3.05, 3.63) is 97.4 Å². The third-order valence-electron chi connectivity index (χ3n) is 5.01. The maximum absolute atomic E-state index is 12.7. The number of halogens is 2. The molecule has 3 aromatic rings. The zero-order chi connectivity index (χ0) is 22.4. The Balaban J connectivity index is 1.80. The largest absolute Gasteiger partial charge is 0.497 e. The SMILES string of the molecule is COc1cccc(CCc2c(Cl)cc(Cl)c(=O)n2CCc2ccc(C(=O)ON)cc2)c1. The second kappa shape index (κ2) is 10.5. The maximum atomic E-state index is 12.7. The molecule has 6 nitrogen and oxygen atoms in total. The molecule has 0 radical (unpaired) electrons. The Labute approximate surface area is 190 Å². The van der Waals surface area contributed by atoms with Gasteiger partial charge in [-0.05, 0) is 60.7 Å². The van der Waals surface area contributed by atoms with Crippen LogP contribution in [0.2, 0.25) is 10.0 Å². The van der Waals surface area contributed by atoms with Gasteiger partial charge in [-0.3, -0.25) is 4.79 Å². The highest BCUT2D eigenvalue weighted by Crippen LogP contribution is 2.22. The Hall–Kier alpha value is -2.80. The van der Waals surface area contributed by atoms with E-state index in [2.05, 4.69) is 4.84 Å². The molecule has 0 atom stereocenters. The molecule has 0 bridgehead atoms. The van der Waals surface area contributed by atoms with Crippen molar-refractivity contribution < 1.29 is 14.4 Å². The highest BCUT2D eigenvalue weighted by atomic mass is 35.5. The monoisotopic (exact) mass is 460 g/mol. The molecule has 0 saturated carbocycles. The van der Waals surface area contributed by atoms with Crippen LogP contribution in [0.3, 0.4) is 0 Å². The average Bonchev–Trinajstić information content (AvgIpc) is 2.79. The summed E-state index contributed by atoms with van der Waals surface area (Å²) in [6.45, 7) is 0.396. The van der Waals surface area contributed by atoms with E-state index in [1.807, 2.05) is 24.3 Å². The minimum atomic E-state index is -0.607. The first kappa shape index (κ1) is 22.9. The van der Waals surface area contributed by atoms with Gasteiger partial charge in [0.2, 0.25) is 0 Å². The van der Waals surface area contributed by atoms with Crippen LogP contribution in [0.1, 0.15) is 27.2 Å². The molecule has 0 aliphatic heterocycles. The minimum Gasteiger partial charge on any atom is -0.497 e. The van der Waals surface area contributed by atoms with Crippen molar-refractivity contribution in [2.24, 2.45) is 5.90 Å². The van der Waals surface area contributed by atoms with Crippen molar-refractivity contribution in [2.75, 3.05) is 7.11 Å². The van der Waals surface area contributed by atoms with E-state index in [4.69, 9.17) is 33.8 Å². The highest BCUT2D eigenvalue weighted by molar-refractivity contribution is 6.34. The molecule has 2 aromatic carbocycles. The molecule has 0 amide bonds. The van der Waals surface area contributed by atoms with Gasteiger partial charge in [0, 0.05) is 12.2 Å². The number of ether oxygens (including phenoxy) is 1. The molecule has 2 N–H and O–H groups in total. The number of benzene rings is 2. The predicted molar refractivity (Wildman–Crippen MR) is 121 cm³/mol. The molecular formula is C23H22Cl2N2O4. The molecule has 162 valence electrons. The zero-order valence-electron chi connectivity index (χ0n) is 16.9. The molecule has 0 aliphatic carbocycles. The molecule has 3 rings (SSSR count). The summed E-state index contributed by atoms with van der Waals surface area (Å²) in [5.41, 5.74) is 2.81. The summed E-state index contributed by atoms with van der Waals surface area (Å²) in [4.78, 5) is 28.4. The van der Waals surface area contributed by atoms with E-state index >= 15 is 0 Å². The van der Waals surface area contributed by atoms with Gasteiger partial charge in [-0.25, -0.2) is 4.79 Å². The van der Waals surface area contributed by atoms with Gasteiger partial charge in [-0.15, -0.1) is 0 Å². The van der Waals surface area contributed by atoms with E-state index in [1.54, 1.807) is 35.9 Å². The summed E-state index contributed by atoms with van der Waals surface area (Å²) in [7, 11) is 1.62. The Morgan fingerprint density at radius 1 is 0.968 bits per heavy atom. The molecular weight excluding hydrogens is 439 g/mol. The first-order chi connectivity index (χ1) is 14.9. The van der Waals surface area contributed by atoms with Crippen LogP contribution in [0.5, 0.6) is 5.75 Å². The molecule has 0 fully saturated rings. The van der Waals surface area contributed by atoms with Crippen molar-refractivity contribution >= 4 is 29.2 Å². The van der Waals surface area contributed by atoms with Gasteiger partial charge in [-0.1, -0.05) is 47.5 Å². The second-order valence-corrected chi connectivity index (χ2v) is 7.76. The lowest BCUT2D eigenvalue weighted by Crippen LogP contribution is -2.25. The number of rotatable bonds is 8. The van der Waals surface area contributed by atoms with Crippen LogP contribution in [0.4, 0.5) is 0 Å². The van der Waals surface area contributed by atoms with Gasteiger partial charge < -0.3 is 14.1 Å². The van der Waals surface area contributed by atoms with Gasteiger partial charge >= 0.3 is 5.97 Å². The Morgan fingerprint density at radius 2 is 1.71 bits per heavy atom. The number of methoxy groups -OCH3 is 1. The van der Waals surface area contributed by atoms with Crippen molar-refractivity contribution in [1.82, 2.24) is 4.57 Å². The molecule has 0 spiro atoms. The van der Waals surface area contributed by atoms with Crippen LogP contribution in [-0.4, -0.2) is 17.6 Å². The lowest BCUT2D eigenvalue weighted by atomic mass is 10.1. The number of pyridine rings is 1. The number of carbonyl (C=O) groups is 1. The van der Waals surface area contributed by atoms with E-state index in [1.165, 1.54) is 6.07 Å². The fourth-order valence-electron chi connectivity index (χ4n) is 3.33. The molecule has 1 aromatic heterocycles. The van der Waals surface area contributed by atoms with E-state index in [0.29, 0.717) is 36.4 Å². The highest BCUT2D eigenvalue weighted by Gasteiger charge is 2.14. The Bertz CT molecular complexity index is 1130. The van der Waals surface area contributed by atoms with E-state index < -0.39 is 5.97 Å². The van der Waals surface area contributed by atoms with Crippen molar-refractivity contribution in [3.63, 3.8) is 0 Å². The maximum Gasteiger partial charge on any atom is 0.356 e. The number of nitrogens with two attached hydrogens (primary N) is 1. The number of aromatic nitrogens is 1. The standard InChI is InChI=1S/C23H22Cl2N2O4/c1-30-18-4-2-3-16(13-18)7-10-21-19(24)14-20(25)22(28)27(21)12-11-15-5-8-17(9-6-15)23(29)31-26/h2-6,8-9,13-14H,7,10-12,26H2,1H3. The first-order valence-corrected chi connectivity index (χ1v) is 10.4. The van der Waals surface area contributed by atoms with Crippen molar-refractivity contribution in [3.8, 4) is 5.75 Å². The molecule has 8 heteroatoms. The Kier molecular flexibility index (Phi) is 7.74. The molecule has 1 heterocycles. The van der Waals surface area contributed by atoms with Crippen molar-refractivity contribution in [2.45, 2.75) is 25.8 Å². The fourth-order valence-corrected chi connectivity index (χ4v) is 3.91. The number of nitrogens with zero attached hydrogens (tertiary/aromatic N) is 1. The van der Waals surface area contributed by atoms with Crippen LogP contribution < -0.4 is 16.2 Å². The summed E-state index contributed by atoms with van der Waals surface area (Å²) in [5, 5.41) is 0.532. The van der Waals surface area contributed by atoms with Gasteiger partial charge in [0.05, 0.1) is 17.7 Å². The van der Waals surface area contributed by atoms with Gasteiger partial charge in [0.25, 0.3) is 5.56 Å². The van der Waals surface area contributed by atoms with Gasteiger partial charge in [0.1, 0.15) is 10.8 Å². The first-order valence-electron chi connectivity index (χ1n) is 9.63. The minimum absolute atomic E-state index is 0.0798. The molecule has 0 unspecified atom stereocenters. The predicted octanol–water partition coefficient (Wildman–Crippen LogP) is 4.22.